The Morgan fingerprint density at radius 3 is 2.55 bits per heavy atom. The summed E-state index contributed by atoms with van der Waals surface area (Å²) in [4.78, 5) is 0. The van der Waals surface area contributed by atoms with Gasteiger partial charge in [0.15, 0.2) is 0 Å². The van der Waals surface area contributed by atoms with Crippen LogP contribution in [0.3, 0.4) is 0 Å². The van der Waals surface area contributed by atoms with Gasteiger partial charge in [-0.1, -0.05) is 121 Å². The lowest BCUT2D eigenvalue weighted by molar-refractivity contribution is 0.573. The van der Waals surface area contributed by atoms with Crippen LogP contribution in [0.5, 0.6) is 0 Å². The largest absolute Gasteiger partial charge is 0.0842 e. The van der Waals surface area contributed by atoms with Gasteiger partial charge in [0.1, 0.15) is 0 Å². The monoisotopic (exact) mass is 538 g/mol. The van der Waals surface area contributed by atoms with E-state index >= 15 is 0 Å². The summed E-state index contributed by atoms with van der Waals surface area (Å²) in [5.74, 6) is 2.42. The lowest BCUT2D eigenvalue weighted by Gasteiger charge is -2.34. The maximum atomic E-state index is 2.59. The highest BCUT2D eigenvalue weighted by Crippen LogP contribution is 2.55. The second-order valence-electron chi connectivity index (χ2n) is 13.3. The van der Waals surface area contributed by atoms with Crippen molar-refractivity contribution in [3.63, 3.8) is 0 Å². The van der Waals surface area contributed by atoms with Gasteiger partial charge in [-0.2, -0.15) is 0 Å². The maximum absolute atomic E-state index is 2.59. The average molecular weight is 539 g/mol. The van der Waals surface area contributed by atoms with E-state index in [0.717, 1.165) is 6.42 Å². The zero-order valence-electron chi connectivity index (χ0n) is 23.9. The maximum Gasteiger partial charge on any atom is 0.0177 e. The molecule has 0 heterocycles. The molecule has 0 spiro atoms. The minimum absolute atomic E-state index is 0.413. The molecule has 7 aliphatic carbocycles. The molecular formula is C42H34. The molecule has 0 bridgehead atoms. The molecule has 0 fully saturated rings. The van der Waals surface area contributed by atoms with Crippen LogP contribution in [0.4, 0.5) is 0 Å². The predicted molar refractivity (Wildman–Crippen MR) is 174 cm³/mol. The SMILES string of the molecule is C1=CC2C3=c4c(cccc4=C(c4ccccc4)C4C5=c6c(ccc(C7=CC=C8C=CCCC8C7)c6=CCC5)C34)C2C=C1. The lowest BCUT2D eigenvalue weighted by Crippen LogP contribution is -2.39. The Morgan fingerprint density at radius 2 is 1.62 bits per heavy atom. The van der Waals surface area contributed by atoms with E-state index in [1.165, 1.54) is 64.0 Å². The summed E-state index contributed by atoms with van der Waals surface area (Å²) < 4.78 is 0. The Balaban J connectivity index is 1.27. The quantitative estimate of drug-likeness (QED) is 0.340. The van der Waals surface area contributed by atoms with Crippen molar-refractivity contribution in [2.75, 3.05) is 0 Å². The first-order chi connectivity index (χ1) is 20.9. The molecule has 3 aromatic rings. The number of fused-ring (bicyclic) bond motifs is 8. The first kappa shape index (κ1) is 23.4. The molecule has 0 amide bonds. The fraction of sp³-hybridized carbons (Fsp3) is 0.238. The van der Waals surface area contributed by atoms with Crippen LogP contribution < -0.4 is 20.9 Å². The van der Waals surface area contributed by atoms with E-state index in [0.29, 0.717) is 29.6 Å². The van der Waals surface area contributed by atoms with Crippen molar-refractivity contribution in [3.8, 4) is 0 Å². The first-order valence-electron chi connectivity index (χ1n) is 16.1. The number of hydrogen-bond acceptors (Lipinski definition) is 0. The van der Waals surface area contributed by atoms with Crippen molar-refractivity contribution in [1.82, 2.24) is 0 Å². The van der Waals surface area contributed by atoms with Gasteiger partial charge in [-0.05, 0) is 103 Å². The highest BCUT2D eigenvalue weighted by Gasteiger charge is 2.47. The van der Waals surface area contributed by atoms with E-state index in [4.69, 9.17) is 0 Å². The Labute approximate surface area is 247 Å². The van der Waals surface area contributed by atoms with Crippen LogP contribution in [-0.2, 0) is 0 Å². The molecule has 10 rings (SSSR count). The molecule has 0 heteroatoms. The second kappa shape index (κ2) is 8.68. The summed E-state index contributed by atoms with van der Waals surface area (Å²) in [6, 6.07) is 23.6. The highest BCUT2D eigenvalue weighted by atomic mass is 14.5. The Morgan fingerprint density at radius 1 is 0.714 bits per heavy atom. The van der Waals surface area contributed by atoms with E-state index in [1.807, 2.05) is 0 Å². The Hall–Kier alpha value is -4.16. The number of benzene rings is 3. The standard InChI is InChI=1S/C42H34/c1-2-11-26(12-3-1)37-34-18-9-17-32-30-14-6-7-15-33(30)40(39(32)34)42-36-23-22-29(31-16-8-19-35(38(31)36)41(37)42)28-21-20-25-10-4-5-13-27(25)24-28/h1-4,6-7,9-12,14-18,20-23,27,30,33,41-42H,5,8,13,19,24H2. The van der Waals surface area contributed by atoms with Crippen molar-refractivity contribution < 1.29 is 0 Å². The number of allylic oxidation sites excluding steroid dienone is 10. The second-order valence-corrected chi connectivity index (χ2v) is 13.3. The molecule has 0 N–H and O–H groups in total. The lowest BCUT2D eigenvalue weighted by atomic mass is 9.68. The van der Waals surface area contributed by atoms with Crippen molar-refractivity contribution in [2.24, 2.45) is 17.8 Å². The summed E-state index contributed by atoms with van der Waals surface area (Å²) >= 11 is 0. The molecule has 0 radical (unpaired) electrons. The van der Waals surface area contributed by atoms with Crippen LogP contribution in [0.15, 0.2) is 115 Å². The Kier molecular flexibility index (Phi) is 4.84. The normalized spacial score (nSPS) is 28.8. The van der Waals surface area contributed by atoms with E-state index in [2.05, 4.69) is 115 Å². The molecule has 0 saturated carbocycles. The summed E-state index contributed by atoms with van der Waals surface area (Å²) in [5.41, 5.74) is 14.0. The topological polar surface area (TPSA) is 0 Å². The smallest absolute Gasteiger partial charge is 0.0177 e. The van der Waals surface area contributed by atoms with Gasteiger partial charge in [-0.15, -0.1) is 0 Å². The zero-order chi connectivity index (χ0) is 27.4. The van der Waals surface area contributed by atoms with Gasteiger partial charge >= 0.3 is 0 Å². The summed E-state index contributed by atoms with van der Waals surface area (Å²) in [7, 11) is 0. The molecule has 3 aromatic carbocycles. The van der Waals surface area contributed by atoms with E-state index in [-0.39, 0.29) is 0 Å². The molecule has 0 saturated heterocycles. The summed E-state index contributed by atoms with van der Waals surface area (Å²) in [5, 5.41) is 6.18. The van der Waals surface area contributed by atoms with E-state index in [9.17, 15) is 0 Å². The van der Waals surface area contributed by atoms with Crippen LogP contribution in [0.2, 0.25) is 0 Å². The minimum atomic E-state index is 0.413. The summed E-state index contributed by atoms with van der Waals surface area (Å²) in [6.45, 7) is 0. The average Bonchev–Trinajstić information content (AvgIpc) is 3.57. The van der Waals surface area contributed by atoms with Gasteiger partial charge in [0.25, 0.3) is 0 Å². The fourth-order valence-corrected chi connectivity index (χ4v) is 9.83. The summed E-state index contributed by atoms with van der Waals surface area (Å²) in [6.07, 6.45) is 27.6. The van der Waals surface area contributed by atoms with Gasteiger partial charge < -0.3 is 0 Å². The predicted octanol–water partition coefficient (Wildman–Crippen LogP) is 6.71. The number of hydrogen-bond donors (Lipinski definition) is 0. The molecule has 5 unspecified atom stereocenters. The van der Waals surface area contributed by atoms with E-state index in [1.54, 1.807) is 32.7 Å². The van der Waals surface area contributed by atoms with Crippen molar-refractivity contribution in [2.45, 2.75) is 43.9 Å². The van der Waals surface area contributed by atoms with Crippen molar-refractivity contribution in [1.29, 1.82) is 0 Å². The van der Waals surface area contributed by atoms with Crippen LogP contribution in [0.1, 0.15) is 66.2 Å². The third kappa shape index (κ3) is 3.03. The molecule has 0 aliphatic heterocycles. The zero-order valence-corrected chi connectivity index (χ0v) is 23.9. The molecule has 5 atom stereocenters. The molecule has 0 nitrogen and oxygen atoms in total. The van der Waals surface area contributed by atoms with Crippen molar-refractivity contribution >= 4 is 28.4 Å². The van der Waals surface area contributed by atoms with Gasteiger partial charge in [-0.3, -0.25) is 0 Å². The molecular weight excluding hydrogens is 504 g/mol. The highest BCUT2D eigenvalue weighted by molar-refractivity contribution is 5.90. The van der Waals surface area contributed by atoms with Gasteiger partial charge in [0.2, 0.25) is 0 Å². The third-order valence-corrected chi connectivity index (χ3v) is 11.4. The molecule has 7 aliphatic rings. The van der Waals surface area contributed by atoms with E-state index < -0.39 is 0 Å². The Bertz CT molecular complexity index is 2120. The van der Waals surface area contributed by atoms with Gasteiger partial charge in [0.05, 0.1) is 0 Å². The van der Waals surface area contributed by atoms with Crippen LogP contribution in [0, 0.1) is 17.8 Å². The minimum Gasteiger partial charge on any atom is -0.0842 e. The van der Waals surface area contributed by atoms with Crippen LogP contribution >= 0.6 is 0 Å². The van der Waals surface area contributed by atoms with Gasteiger partial charge in [0, 0.05) is 23.7 Å². The van der Waals surface area contributed by atoms with Crippen molar-refractivity contribution in [3.05, 3.63) is 158 Å². The molecule has 42 heavy (non-hydrogen) atoms. The van der Waals surface area contributed by atoms with Crippen LogP contribution in [0.25, 0.3) is 28.4 Å². The number of rotatable bonds is 2. The molecule has 202 valence electrons. The first-order valence-corrected chi connectivity index (χ1v) is 16.1. The fourth-order valence-electron chi connectivity index (χ4n) is 9.83. The third-order valence-electron chi connectivity index (χ3n) is 11.4. The van der Waals surface area contributed by atoms with Gasteiger partial charge in [-0.25, -0.2) is 0 Å². The van der Waals surface area contributed by atoms with Crippen LogP contribution in [-0.4, -0.2) is 0 Å². The molecule has 0 aromatic heterocycles.